The summed E-state index contributed by atoms with van der Waals surface area (Å²) in [5.41, 5.74) is 0.753. The van der Waals surface area contributed by atoms with Gasteiger partial charge in [0.2, 0.25) is 0 Å². The quantitative estimate of drug-likeness (QED) is 0.941. The molecule has 6 heteroatoms. The third kappa shape index (κ3) is 3.09. The van der Waals surface area contributed by atoms with Crippen LogP contribution in [0.4, 0.5) is 0 Å². The lowest BCUT2D eigenvalue weighted by atomic mass is 10.1. The second-order valence-corrected chi connectivity index (χ2v) is 5.89. The smallest absolute Gasteiger partial charge is 0.253 e. The average molecular weight is 309 g/mol. The van der Waals surface area contributed by atoms with Gasteiger partial charge in [-0.05, 0) is 31.9 Å². The van der Waals surface area contributed by atoms with Crippen LogP contribution in [-0.2, 0) is 0 Å². The van der Waals surface area contributed by atoms with Gasteiger partial charge in [-0.1, -0.05) is 25.0 Å². The van der Waals surface area contributed by atoms with Crippen molar-refractivity contribution in [1.82, 2.24) is 20.1 Å². The highest BCUT2D eigenvalue weighted by Crippen LogP contribution is 2.31. The van der Waals surface area contributed by atoms with Crippen molar-refractivity contribution >= 4 is 5.91 Å². The van der Waals surface area contributed by atoms with Gasteiger partial charge in [-0.3, -0.25) is 4.79 Å². The van der Waals surface area contributed by atoms with Crippen molar-refractivity contribution in [2.24, 2.45) is 0 Å². The molecule has 1 saturated carbocycles. The van der Waals surface area contributed by atoms with Gasteiger partial charge in [-0.2, -0.15) is 5.26 Å². The first kappa shape index (κ1) is 15.2. The molecule has 0 aliphatic heterocycles. The largest absolute Gasteiger partial charge is 0.342 e. The molecule has 1 heterocycles. The lowest BCUT2D eigenvalue weighted by Crippen LogP contribution is -2.29. The molecular weight excluding hydrogens is 290 g/mol. The number of carbonyl (C=O) groups is 1. The second-order valence-electron chi connectivity index (χ2n) is 5.89. The summed E-state index contributed by atoms with van der Waals surface area (Å²) in [6.07, 6.45) is 6.44. The summed E-state index contributed by atoms with van der Waals surface area (Å²) < 4.78 is 2.08. The Kier molecular flexibility index (Phi) is 4.38. The Labute approximate surface area is 135 Å². The Balaban J connectivity index is 1.77. The van der Waals surface area contributed by atoms with Crippen molar-refractivity contribution < 1.29 is 4.79 Å². The molecule has 1 amide bonds. The van der Waals surface area contributed by atoms with Crippen molar-refractivity contribution in [1.29, 1.82) is 5.26 Å². The molecule has 1 unspecified atom stereocenters. The van der Waals surface area contributed by atoms with Crippen LogP contribution < -0.4 is 5.32 Å². The third-order valence-corrected chi connectivity index (χ3v) is 4.35. The van der Waals surface area contributed by atoms with Crippen molar-refractivity contribution in [3.8, 4) is 6.07 Å². The van der Waals surface area contributed by atoms with E-state index in [-0.39, 0.29) is 11.9 Å². The summed E-state index contributed by atoms with van der Waals surface area (Å²) in [5, 5.41) is 20.2. The Morgan fingerprint density at radius 2 is 2.13 bits per heavy atom. The first-order valence-corrected chi connectivity index (χ1v) is 7.90. The number of amides is 1. The first-order chi connectivity index (χ1) is 11.2. The number of hydrogen-bond donors (Lipinski definition) is 1. The minimum absolute atomic E-state index is 0.266. The summed E-state index contributed by atoms with van der Waals surface area (Å²) >= 11 is 0. The molecule has 23 heavy (non-hydrogen) atoms. The van der Waals surface area contributed by atoms with E-state index in [1.54, 1.807) is 30.6 Å². The van der Waals surface area contributed by atoms with Crippen LogP contribution in [0.1, 0.15) is 66.4 Å². The fraction of sp³-hybridized carbons (Fsp3) is 0.412. The van der Waals surface area contributed by atoms with Crippen LogP contribution in [0.2, 0.25) is 0 Å². The van der Waals surface area contributed by atoms with E-state index >= 15 is 0 Å². The Morgan fingerprint density at radius 3 is 2.87 bits per heavy atom. The number of nitrogens with zero attached hydrogens (tertiary/aromatic N) is 4. The van der Waals surface area contributed by atoms with Gasteiger partial charge in [-0.25, -0.2) is 0 Å². The molecule has 3 rings (SSSR count). The molecule has 0 radical (unpaired) electrons. The molecule has 0 saturated heterocycles. The number of nitrogens with one attached hydrogen (secondary N) is 1. The van der Waals surface area contributed by atoms with Gasteiger partial charge < -0.3 is 9.88 Å². The normalized spacial score (nSPS) is 16.0. The molecular formula is C17H19N5O. The predicted octanol–water partition coefficient (Wildman–Crippen LogP) is 2.76. The molecule has 1 aromatic carbocycles. The summed E-state index contributed by atoms with van der Waals surface area (Å²) in [6.45, 7) is 1.89. The van der Waals surface area contributed by atoms with Crippen LogP contribution in [0.15, 0.2) is 30.6 Å². The van der Waals surface area contributed by atoms with Gasteiger partial charge in [0.05, 0.1) is 23.2 Å². The van der Waals surface area contributed by atoms with Crippen LogP contribution in [-0.4, -0.2) is 20.7 Å². The molecule has 1 atom stereocenters. The summed E-state index contributed by atoms with van der Waals surface area (Å²) in [7, 11) is 0. The summed E-state index contributed by atoms with van der Waals surface area (Å²) in [4.78, 5) is 12.4. The molecule has 2 aromatic rings. The fourth-order valence-electron chi connectivity index (χ4n) is 3.14. The van der Waals surface area contributed by atoms with E-state index in [0.29, 0.717) is 17.2 Å². The van der Waals surface area contributed by atoms with E-state index in [4.69, 9.17) is 5.26 Å². The Morgan fingerprint density at radius 1 is 1.39 bits per heavy atom. The van der Waals surface area contributed by atoms with E-state index in [1.165, 1.54) is 12.8 Å². The molecule has 118 valence electrons. The fourth-order valence-corrected chi connectivity index (χ4v) is 3.14. The highest BCUT2D eigenvalue weighted by molar-refractivity contribution is 5.96. The predicted molar refractivity (Wildman–Crippen MR) is 84.6 cm³/mol. The Bertz CT molecular complexity index is 739. The SMILES string of the molecule is CC(NC(=O)c1ccccc1C#N)c1nncn1C1CCCC1. The Hall–Kier alpha value is -2.68. The maximum atomic E-state index is 12.4. The second kappa shape index (κ2) is 6.61. The molecule has 0 bridgehead atoms. The molecule has 1 aliphatic carbocycles. The van der Waals surface area contributed by atoms with Crippen molar-refractivity contribution in [3.05, 3.63) is 47.5 Å². The van der Waals surface area contributed by atoms with E-state index < -0.39 is 0 Å². The van der Waals surface area contributed by atoms with Gasteiger partial charge in [0.15, 0.2) is 5.82 Å². The van der Waals surface area contributed by atoms with Crippen LogP contribution in [0.25, 0.3) is 0 Å². The number of carbonyl (C=O) groups excluding carboxylic acids is 1. The monoisotopic (exact) mass is 309 g/mol. The number of nitriles is 1. The summed E-state index contributed by atoms with van der Waals surface area (Å²) in [6, 6.07) is 8.99. The average Bonchev–Trinajstić information content (AvgIpc) is 3.25. The number of hydrogen-bond acceptors (Lipinski definition) is 4. The molecule has 1 fully saturated rings. The molecule has 0 spiro atoms. The van der Waals surface area contributed by atoms with Crippen LogP contribution in [0.3, 0.4) is 0 Å². The minimum Gasteiger partial charge on any atom is -0.342 e. The highest BCUT2D eigenvalue weighted by atomic mass is 16.1. The first-order valence-electron chi connectivity index (χ1n) is 7.90. The van der Waals surface area contributed by atoms with Crippen LogP contribution >= 0.6 is 0 Å². The number of benzene rings is 1. The molecule has 1 aromatic heterocycles. The standard InChI is InChI=1S/C17H19N5O/c1-12(16-21-19-11-22(16)14-7-3-4-8-14)20-17(23)15-9-5-2-6-13(15)10-18/h2,5-6,9,11-12,14H,3-4,7-8H2,1H3,(H,20,23). The van der Waals surface area contributed by atoms with Crippen molar-refractivity contribution in [2.45, 2.75) is 44.7 Å². The topological polar surface area (TPSA) is 83.6 Å². The zero-order chi connectivity index (χ0) is 16.2. The summed E-state index contributed by atoms with van der Waals surface area (Å²) in [5.74, 6) is 0.496. The van der Waals surface area contributed by atoms with E-state index in [9.17, 15) is 4.79 Å². The lowest BCUT2D eigenvalue weighted by molar-refractivity contribution is 0.0937. The van der Waals surface area contributed by atoms with E-state index in [0.717, 1.165) is 18.7 Å². The van der Waals surface area contributed by atoms with Gasteiger partial charge in [-0.15, -0.1) is 10.2 Å². The lowest BCUT2D eigenvalue weighted by Gasteiger charge is -2.19. The van der Waals surface area contributed by atoms with Crippen LogP contribution in [0.5, 0.6) is 0 Å². The van der Waals surface area contributed by atoms with E-state index in [2.05, 4.69) is 20.1 Å². The van der Waals surface area contributed by atoms with Crippen LogP contribution in [0, 0.1) is 11.3 Å². The van der Waals surface area contributed by atoms with Gasteiger partial charge in [0.25, 0.3) is 5.91 Å². The zero-order valence-electron chi connectivity index (χ0n) is 13.1. The van der Waals surface area contributed by atoms with Gasteiger partial charge in [0.1, 0.15) is 6.33 Å². The number of aromatic nitrogens is 3. The number of rotatable bonds is 4. The minimum atomic E-state index is -0.268. The maximum absolute atomic E-state index is 12.4. The van der Waals surface area contributed by atoms with Gasteiger partial charge >= 0.3 is 0 Å². The highest BCUT2D eigenvalue weighted by Gasteiger charge is 2.24. The molecule has 6 nitrogen and oxygen atoms in total. The maximum Gasteiger partial charge on any atom is 0.253 e. The third-order valence-electron chi connectivity index (χ3n) is 4.35. The van der Waals surface area contributed by atoms with E-state index in [1.807, 2.05) is 13.0 Å². The van der Waals surface area contributed by atoms with Crippen molar-refractivity contribution in [3.63, 3.8) is 0 Å². The zero-order valence-corrected chi connectivity index (χ0v) is 13.1. The van der Waals surface area contributed by atoms with Crippen molar-refractivity contribution in [2.75, 3.05) is 0 Å². The molecule has 1 N–H and O–H groups in total. The molecule has 1 aliphatic rings. The van der Waals surface area contributed by atoms with Gasteiger partial charge in [0, 0.05) is 6.04 Å².